The SMILES string of the molecule is CNC(Cc1cc(F)ccc1C)c1cc(C)ccc1OC. The number of ether oxygens (including phenoxy) is 1. The molecule has 0 radical (unpaired) electrons. The lowest BCUT2D eigenvalue weighted by molar-refractivity contribution is 0.401. The first-order valence-corrected chi connectivity index (χ1v) is 7.12. The Morgan fingerprint density at radius 1 is 1.14 bits per heavy atom. The zero-order valence-corrected chi connectivity index (χ0v) is 13.0. The van der Waals surface area contributed by atoms with Crippen LogP contribution in [0.25, 0.3) is 0 Å². The van der Waals surface area contributed by atoms with Crippen LogP contribution in [0, 0.1) is 19.7 Å². The number of halogens is 1. The molecule has 0 aromatic heterocycles. The second kappa shape index (κ2) is 6.72. The average Bonchev–Trinajstić information content (AvgIpc) is 2.48. The Bertz CT molecular complexity index is 625. The van der Waals surface area contributed by atoms with E-state index in [9.17, 15) is 4.39 Å². The van der Waals surface area contributed by atoms with Crippen LogP contribution in [0.5, 0.6) is 5.75 Å². The maximum atomic E-state index is 13.5. The summed E-state index contributed by atoms with van der Waals surface area (Å²) in [4.78, 5) is 0. The summed E-state index contributed by atoms with van der Waals surface area (Å²) in [6.07, 6.45) is 0.722. The highest BCUT2D eigenvalue weighted by molar-refractivity contribution is 5.40. The second-order valence-corrected chi connectivity index (χ2v) is 5.36. The minimum atomic E-state index is -0.193. The van der Waals surface area contributed by atoms with Gasteiger partial charge in [-0.1, -0.05) is 23.8 Å². The molecule has 1 atom stereocenters. The minimum Gasteiger partial charge on any atom is -0.496 e. The summed E-state index contributed by atoms with van der Waals surface area (Å²) in [5, 5.41) is 3.31. The molecule has 0 amide bonds. The largest absolute Gasteiger partial charge is 0.496 e. The number of benzene rings is 2. The van der Waals surface area contributed by atoms with E-state index in [0.29, 0.717) is 0 Å². The van der Waals surface area contributed by atoms with Crippen molar-refractivity contribution in [3.63, 3.8) is 0 Å². The van der Waals surface area contributed by atoms with Gasteiger partial charge in [-0.3, -0.25) is 0 Å². The van der Waals surface area contributed by atoms with Gasteiger partial charge < -0.3 is 10.1 Å². The first kappa shape index (κ1) is 15.5. The van der Waals surface area contributed by atoms with E-state index in [2.05, 4.69) is 18.3 Å². The van der Waals surface area contributed by atoms with Gasteiger partial charge in [-0.05, 0) is 56.6 Å². The molecule has 0 saturated heterocycles. The van der Waals surface area contributed by atoms with Crippen LogP contribution >= 0.6 is 0 Å². The third-order valence-electron chi connectivity index (χ3n) is 3.84. The molecular formula is C18H22FNO. The summed E-state index contributed by atoms with van der Waals surface area (Å²) in [5.74, 6) is 0.663. The number of methoxy groups -OCH3 is 1. The normalized spacial score (nSPS) is 12.2. The molecule has 0 spiro atoms. The molecule has 0 heterocycles. The van der Waals surface area contributed by atoms with Gasteiger partial charge in [0.2, 0.25) is 0 Å². The van der Waals surface area contributed by atoms with Crippen LogP contribution in [0.15, 0.2) is 36.4 Å². The van der Waals surface area contributed by atoms with Crippen molar-refractivity contribution in [2.75, 3.05) is 14.2 Å². The number of hydrogen-bond donors (Lipinski definition) is 1. The molecular weight excluding hydrogens is 265 g/mol. The molecule has 1 unspecified atom stereocenters. The van der Waals surface area contributed by atoms with Crippen molar-refractivity contribution in [1.29, 1.82) is 0 Å². The van der Waals surface area contributed by atoms with Crippen molar-refractivity contribution in [3.8, 4) is 5.75 Å². The van der Waals surface area contributed by atoms with Crippen molar-refractivity contribution < 1.29 is 9.13 Å². The zero-order chi connectivity index (χ0) is 15.4. The molecule has 0 saturated carbocycles. The summed E-state index contributed by atoms with van der Waals surface area (Å²) >= 11 is 0. The number of hydrogen-bond acceptors (Lipinski definition) is 2. The molecule has 2 aromatic rings. The van der Waals surface area contributed by atoms with Crippen molar-refractivity contribution >= 4 is 0 Å². The fourth-order valence-electron chi connectivity index (χ4n) is 2.57. The highest BCUT2D eigenvalue weighted by atomic mass is 19.1. The molecule has 0 bridgehead atoms. The molecule has 21 heavy (non-hydrogen) atoms. The first-order chi connectivity index (χ1) is 10.0. The molecule has 1 N–H and O–H groups in total. The highest BCUT2D eigenvalue weighted by Crippen LogP contribution is 2.29. The predicted molar refractivity (Wildman–Crippen MR) is 84.4 cm³/mol. The summed E-state index contributed by atoms with van der Waals surface area (Å²) in [5.41, 5.74) is 4.40. The topological polar surface area (TPSA) is 21.3 Å². The Kier molecular flexibility index (Phi) is 4.97. The molecule has 2 nitrogen and oxygen atoms in total. The van der Waals surface area contributed by atoms with Gasteiger partial charge in [-0.15, -0.1) is 0 Å². The number of likely N-dealkylation sites (N-methyl/N-ethyl adjacent to an activating group) is 1. The van der Waals surface area contributed by atoms with E-state index in [1.165, 1.54) is 11.6 Å². The lowest BCUT2D eigenvalue weighted by Crippen LogP contribution is -2.20. The predicted octanol–water partition coefficient (Wildman–Crippen LogP) is 3.95. The number of rotatable bonds is 5. The van der Waals surface area contributed by atoms with Gasteiger partial charge in [-0.25, -0.2) is 4.39 Å². The Labute approximate surface area is 126 Å². The molecule has 0 aliphatic carbocycles. The van der Waals surface area contributed by atoms with E-state index in [0.717, 1.165) is 28.9 Å². The quantitative estimate of drug-likeness (QED) is 0.899. The first-order valence-electron chi connectivity index (χ1n) is 7.12. The van der Waals surface area contributed by atoms with Crippen LogP contribution < -0.4 is 10.1 Å². The summed E-state index contributed by atoms with van der Waals surface area (Å²) < 4.78 is 18.9. The van der Waals surface area contributed by atoms with Crippen molar-refractivity contribution in [2.45, 2.75) is 26.3 Å². The molecule has 3 heteroatoms. The van der Waals surface area contributed by atoms with Crippen LogP contribution in [0.2, 0.25) is 0 Å². The van der Waals surface area contributed by atoms with Crippen LogP contribution in [0.3, 0.4) is 0 Å². The van der Waals surface area contributed by atoms with Crippen molar-refractivity contribution in [2.24, 2.45) is 0 Å². The van der Waals surface area contributed by atoms with Gasteiger partial charge >= 0.3 is 0 Å². The Hall–Kier alpha value is -1.87. The van der Waals surface area contributed by atoms with Crippen LogP contribution in [-0.4, -0.2) is 14.2 Å². The second-order valence-electron chi connectivity index (χ2n) is 5.36. The molecule has 0 aliphatic heterocycles. The lowest BCUT2D eigenvalue weighted by atomic mass is 9.94. The summed E-state index contributed by atoms with van der Waals surface area (Å²) in [6.45, 7) is 4.07. The monoisotopic (exact) mass is 287 g/mol. The van der Waals surface area contributed by atoms with E-state index >= 15 is 0 Å². The fraction of sp³-hybridized carbons (Fsp3) is 0.333. The van der Waals surface area contributed by atoms with Gasteiger partial charge in [-0.2, -0.15) is 0 Å². The minimum absolute atomic E-state index is 0.0837. The van der Waals surface area contributed by atoms with Gasteiger partial charge in [0, 0.05) is 11.6 Å². The Morgan fingerprint density at radius 2 is 1.90 bits per heavy atom. The van der Waals surface area contributed by atoms with E-state index in [1.54, 1.807) is 13.2 Å². The maximum absolute atomic E-state index is 13.5. The van der Waals surface area contributed by atoms with Gasteiger partial charge in [0.1, 0.15) is 11.6 Å². The van der Waals surface area contributed by atoms with Crippen LogP contribution in [0.1, 0.15) is 28.3 Å². The summed E-state index contributed by atoms with van der Waals surface area (Å²) in [6, 6.07) is 11.2. The molecule has 112 valence electrons. The molecule has 0 fully saturated rings. The lowest BCUT2D eigenvalue weighted by Gasteiger charge is -2.21. The molecule has 2 aromatic carbocycles. The highest BCUT2D eigenvalue weighted by Gasteiger charge is 2.16. The molecule has 2 rings (SSSR count). The number of nitrogens with one attached hydrogen (secondary N) is 1. The van der Waals surface area contributed by atoms with Gasteiger partial charge in [0.05, 0.1) is 7.11 Å². The standard InChI is InChI=1S/C18H22FNO/c1-12-5-8-18(21-4)16(9-12)17(20-3)11-14-10-15(19)7-6-13(14)2/h5-10,17,20H,11H2,1-4H3. The van der Waals surface area contributed by atoms with Crippen LogP contribution in [-0.2, 0) is 6.42 Å². The Morgan fingerprint density at radius 3 is 2.57 bits per heavy atom. The van der Waals surface area contributed by atoms with Crippen molar-refractivity contribution in [3.05, 3.63) is 64.5 Å². The van der Waals surface area contributed by atoms with Gasteiger partial charge in [0.15, 0.2) is 0 Å². The fourth-order valence-corrected chi connectivity index (χ4v) is 2.57. The van der Waals surface area contributed by atoms with Gasteiger partial charge in [0.25, 0.3) is 0 Å². The zero-order valence-electron chi connectivity index (χ0n) is 13.0. The molecule has 0 aliphatic rings. The average molecular weight is 287 g/mol. The van der Waals surface area contributed by atoms with E-state index in [4.69, 9.17) is 4.74 Å². The summed E-state index contributed by atoms with van der Waals surface area (Å²) in [7, 11) is 3.59. The van der Waals surface area contributed by atoms with E-state index in [1.807, 2.05) is 32.2 Å². The van der Waals surface area contributed by atoms with Crippen LogP contribution in [0.4, 0.5) is 4.39 Å². The van der Waals surface area contributed by atoms with Crippen molar-refractivity contribution in [1.82, 2.24) is 5.32 Å². The van der Waals surface area contributed by atoms with E-state index in [-0.39, 0.29) is 11.9 Å². The third kappa shape index (κ3) is 3.61. The maximum Gasteiger partial charge on any atom is 0.123 e. The third-order valence-corrected chi connectivity index (χ3v) is 3.84. The number of aryl methyl sites for hydroxylation is 2. The smallest absolute Gasteiger partial charge is 0.123 e. The Balaban J connectivity index is 2.36. The van der Waals surface area contributed by atoms with E-state index < -0.39 is 0 Å².